The van der Waals surface area contributed by atoms with Crippen LogP contribution >= 0.6 is 12.4 Å². The summed E-state index contributed by atoms with van der Waals surface area (Å²) in [7, 11) is 3.20. The first-order chi connectivity index (χ1) is 11.1. The Morgan fingerprint density at radius 3 is 2.21 bits per heavy atom. The lowest BCUT2D eigenvalue weighted by atomic mass is 10.0. The molecule has 1 heterocycles. The molecule has 1 saturated heterocycles. The number of likely N-dealkylation sites (tertiary alicyclic amines) is 1. The van der Waals surface area contributed by atoms with Gasteiger partial charge in [-0.2, -0.15) is 0 Å². The Labute approximate surface area is 149 Å². The molecule has 0 aromatic heterocycles. The summed E-state index contributed by atoms with van der Waals surface area (Å²) < 4.78 is 16.8. The Morgan fingerprint density at radius 1 is 1.25 bits per heavy atom. The van der Waals surface area contributed by atoms with Crippen molar-refractivity contribution in [2.75, 3.05) is 27.3 Å². The van der Waals surface area contributed by atoms with Gasteiger partial charge in [0.2, 0.25) is 5.75 Å². The molecule has 1 aliphatic heterocycles. The molecule has 1 atom stereocenters. The number of benzene rings is 1. The number of methoxy groups -OCH3 is 2. The van der Waals surface area contributed by atoms with Crippen LogP contribution in [0.2, 0.25) is 0 Å². The fourth-order valence-corrected chi connectivity index (χ4v) is 2.99. The summed E-state index contributed by atoms with van der Waals surface area (Å²) in [5, 5.41) is 9.26. The minimum Gasteiger partial charge on any atom is -0.493 e. The molecule has 7 heteroatoms. The van der Waals surface area contributed by atoms with Crippen LogP contribution in [0.5, 0.6) is 17.2 Å². The third-order valence-corrected chi connectivity index (χ3v) is 4.26. The lowest BCUT2D eigenvalue weighted by molar-refractivity contribution is -0.144. The van der Waals surface area contributed by atoms with Gasteiger partial charge in [0.05, 0.1) is 14.2 Å². The zero-order valence-electron chi connectivity index (χ0n) is 14.4. The lowest BCUT2D eigenvalue weighted by Gasteiger charge is -2.35. The predicted octanol–water partition coefficient (Wildman–Crippen LogP) is 2.83. The van der Waals surface area contributed by atoms with Crippen molar-refractivity contribution in [2.45, 2.75) is 38.3 Å². The van der Waals surface area contributed by atoms with Crippen molar-refractivity contribution in [3.63, 3.8) is 0 Å². The highest BCUT2D eigenvalue weighted by molar-refractivity contribution is 5.85. The van der Waals surface area contributed by atoms with Crippen LogP contribution in [0.4, 0.5) is 0 Å². The monoisotopic (exact) mass is 359 g/mol. The second kappa shape index (κ2) is 9.59. The predicted molar refractivity (Wildman–Crippen MR) is 93.7 cm³/mol. The van der Waals surface area contributed by atoms with E-state index in [0.29, 0.717) is 36.8 Å². The molecule has 1 aromatic rings. The summed E-state index contributed by atoms with van der Waals surface area (Å²) >= 11 is 0. The van der Waals surface area contributed by atoms with Gasteiger partial charge in [0, 0.05) is 13.1 Å². The van der Waals surface area contributed by atoms with Crippen LogP contribution in [0.1, 0.15) is 26.2 Å². The number of nitrogens with zero attached hydrogens (tertiary/aromatic N) is 1. The summed E-state index contributed by atoms with van der Waals surface area (Å²) in [5.41, 5.74) is 0. The van der Waals surface area contributed by atoms with E-state index in [1.807, 2.05) is 30.0 Å². The van der Waals surface area contributed by atoms with Crippen LogP contribution in [0, 0.1) is 0 Å². The van der Waals surface area contributed by atoms with Gasteiger partial charge >= 0.3 is 5.97 Å². The molecule has 0 aliphatic carbocycles. The lowest BCUT2D eigenvalue weighted by Crippen LogP contribution is -2.47. The summed E-state index contributed by atoms with van der Waals surface area (Å²) in [5.74, 6) is 1.15. The van der Waals surface area contributed by atoms with E-state index >= 15 is 0 Å². The van der Waals surface area contributed by atoms with E-state index in [2.05, 4.69) is 0 Å². The number of para-hydroxylation sites is 1. The summed E-state index contributed by atoms with van der Waals surface area (Å²) in [6, 6.07) is 5.12. The largest absolute Gasteiger partial charge is 0.493 e. The van der Waals surface area contributed by atoms with Crippen LogP contribution in [-0.2, 0) is 4.79 Å². The van der Waals surface area contributed by atoms with Crippen LogP contribution < -0.4 is 14.2 Å². The quantitative estimate of drug-likeness (QED) is 0.807. The van der Waals surface area contributed by atoms with Crippen molar-refractivity contribution in [1.29, 1.82) is 0 Å². The van der Waals surface area contributed by atoms with Gasteiger partial charge in [-0.05, 0) is 31.4 Å². The van der Waals surface area contributed by atoms with E-state index in [1.165, 1.54) is 0 Å². The number of halogens is 1. The van der Waals surface area contributed by atoms with Crippen molar-refractivity contribution >= 4 is 18.4 Å². The Kier molecular flexibility index (Phi) is 8.15. The highest BCUT2D eigenvalue weighted by Crippen LogP contribution is 2.38. The number of hydrogen-bond donors (Lipinski definition) is 1. The van der Waals surface area contributed by atoms with Crippen LogP contribution in [0.15, 0.2) is 18.2 Å². The number of carboxylic acid groups (broad SMARTS) is 1. The van der Waals surface area contributed by atoms with Crippen molar-refractivity contribution in [3.8, 4) is 17.2 Å². The second-order valence-corrected chi connectivity index (χ2v) is 5.61. The van der Waals surface area contributed by atoms with Crippen molar-refractivity contribution in [2.24, 2.45) is 0 Å². The highest BCUT2D eigenvalue weighted by atomic mass is 35.5. The molecule has 24 heavy (non-hydrogen) atoms. The zero-order valence-corrected chi connectivity index (χ0v) is 15.2. The molecule has 2 rings (SSSR count). The average Bonchev–Trinajstić information content (AvgIpc) is 2.57. The van der Waals surface area contributed by atoms with E-state index < -0.39 is 12.0 Å². The number of carboxylic acids is 1. The second-order valence-electron chi connectivity index (χ2n) is 5.61. The molecular formula is C17H26ClNO5. The molecule has 0 radical (unpaired) electrons. The Balaban J connectivity index is 0.00000288. The van der Waals surface area contributed by atoms with E-state index in [1.54, 1.807) is 14.2 Å². The van der Waals surface area contributed by atoms with Gasteiger partial charge in [-0.3, -0.25) is 9.69 Å². The van der Waals surface area contributed by atoms with Crippen LogP contribution in [0.25, 0.3) is 0 Å². The maximum atomic E-state index is 11.3. The third-order valence-electron chi connectivity index (χ3n) is 4.26. The van der Waals surface area contributed by atoms with Crippen molar-refractivity contribution < 1.29 is 24.1 Å². The molecule has 0 amide bonds. The van der Waals surface area contributed by atoms with Gasteiger partial charge < -0.3 is 19.3 Å². The first-order valence-electron chi connectivity index (χ1n) is 7.95. The topological polar surface area (TPSA) is 68.2 Å². The van der Waals surface area contributed by atoms with Gasteiger partial charge in [0.25, 0.3) is 0 Å². The number of piperidine rings is 1. The van der Waals surface area contributed by atoms with Gasteiger partial charge in [0.15, 0.2) is 11.5 Å². The fourth-order valence-electron chi connectivity index (χ4n) is 2.99. The maximum absolute atomic E-state index is 11.3. The number of ether oxygens (including phenoxy) is 3. The SMILES string of the molecule is CCC(C(=O)O)N1CCC(Oc2c(OC)cccc2OC)CC1.Cl. The molecule has 1 fully saturated rings. The molecule has 0 spiro atoms. The molecule has 6 nitrogen and oxygen atoms in total. The van der Waals surface area contributed by atoms with E-state index in [-0.39, 0.29) is 18.5 Å². The van der Waals surface area contributed by atoms with Gasteiger partial charge in [-0.15, -0.1) is 12.4 Å². The van der Waals surface area contributed by atoms with Crippen molar-refractivity contribution in [1.82, 2.24) is 4.90 Å². The number of rotatable bonds is 7. The molecular weight excluding hydrogens is 334 g/mol. The Bertz CT molecular complexity index is 509. The number of carbonyl (C=O) groups is 1. The molecule has 1 aliphatic rings. The van der Waals surface area contributed by atoms with E-state index in [0.717, 1.165) is 12.8 Å². The van der Waals surface area contributed by atoms with Crippen LogP contribution in [0.3, 0.4) is 0 Å². The molecule has 1 unspecified atom stereocenters. The minimum absolute atomic E-state index is 0. The molecule has 1 aromatic carbocycles. The first kappa shape index (κ1) is 20.4. The van der Waals surface area contributed by atoms with Gasteiger partial charge in [-0.25, -0.2) is 0 Å². The van der Waals surface area contributed by atoms with Crippen molar-refractivity contribution in [3.05, 3.63) is 18.2 Å². The number of aliphatic carboxylic acids is 1. The summed E-state index contributed by atoms with van der Waals surface area (Å²) in [4.78, 5) is 13.3. The normalized spacial score (nSPS) is 16.8. The maximum Gasteiger partial charge on any atom is 0.320 e. The third kappa shape index (κ3) is 4.68. The standard InChI is InChI=1S/C17H25NO5.ClH/c1-4-13(17(19)20)18-10-8-12(9-11-18)23-16-14(21-2)6-5-7-15(16)22-3;/h5-7,12-13H,4,8-11H2,1-3H3,(H,19,20);1H. The van der Waals surface area contributed by atoms with Crippen LogP contribution in [-0.4, -0.2) is 55.4 Å². The first-order valence-corrected chi connectivity index (χ1v) is 7.95. The Hall–Kier alpha value is -1.66. The molecule has 0 saturated carbocycles. The fraction of sp³-hybridized carbons (Fsp3) is 0.588. The van der Waals surface area contributed by atoms with Gasteiger partial charge in [0.1, 0.15) is 12.1 Å². The molecule has 136 valence electrons. The van der Waals surface area contributed by atoms with E-state index in [9.17, 15) is 9.90 Å². The average molecular weight is 360 g/mol. The summed E-state index contributed by atoms with van der Waals surface area (Å²) in [6.45, 7) is 3.33. The van der Waals surface area contributed by atoms with E-state index in [4.69, 9.17) is 14.2 Å². The Morgan fingerprint density at radius 2 is 1.79 bits per heavy atom. The number of hydrogen-bond acceptors (Lipinski definition) is 5. The molecule has 0 bridgehead atoms. The van der Waals surface area contributed by atoms with Gasteiger partial charge in [-0.1, -0.05) is 13.0 Å². The molecule has 1 N–H and O–H groups in total. The summed E-state index contributed by atoms with van der Waals surface area (Å²) in [6.07, 6.45) is 2.21. The highest BCUT2D eigenvalue weighted by Gasteiger charge is 2.29. The zero-order chi connectivity index (χ0) is 16.8. The minimum atomic E-state index is -0.752. The smallest absolute Gasteiger partial charge is 0.320 e.